The van der Waals surface area contributed by atoms with E-state index < -0.39 is 0 Å². The molecule has 17 heavy (non-hydrogen) atoms. The molecule has 1 rings (SSSR count). The number of hydrogen-bond acceptors (Lipinski definition) is 5. The van der Waals surface area contributed by atoms with E-state index in [4.69, 9.17) is 10.5 Å². The number of unbranched alkanes of at least 4 members (excludes halogenated alkanes) is 1. The summed E-state index contributed by atoms with van der Waals surface area (Å²) in [6, 6.07) is 3.49. The minimum absolute atomic E-state index is 0.105. The fourth-order valence-electron chi connectivity index (χ4n) is 0.959. The fourth-order valence-corrected chi connectivity index (χ4v) is 1.01. The second-order valence-corrected chi connectivity index (χ2v) is 3.67. The molecule has 0 radical (unpaired) electrons. The molecule has 0 aliphatic heterocycles. The second kappa shape index (κ2) is 7.50. The lowest BCUT2D eigenvalue weighted by Gasteiger charge is -2.02. The highest BCUT2D eigenvalue weighted by Crippen LogP contribution is 2.04. The average molecular weight is 253 g/mol. The molecule has 92 valence electrons. The van der Waals surface area contributed by atoms with Crippen molar-refractivity contribution in [1.82, 2.24) is 15.6 Å². The largest absolute Gasteiger partial charge is 0.477 e. The zero-order valence-corrected chi connectivity index (χ0v) is 10.4. The van der Waals surface area contributed by atoms with E-state index in [1.54, 1.807) is 12.1 Å². The number of aromatic nitrogens is 2. The Kier molecular flexibility index (Phi) is 5.87. The van der Waals surface area contributed by atoms with Crippen molar-refractivity contribution in [2.45, 2.75) is 19.8 Å². The monoisotopic (exact) mass is 253 g/mol. The van der Waals surface area contributed by atoms with Crippen LogP contribution >= 0.6 is 12.2 Å². The summed E-state index contributed by atoms with van der Waals surface area (Å²) in [6.45, 7) is 2.76. The predicted octanol–water partition coefficient (Wildman–Crippen LogP) is 0.823. The van der Waals surface area contributed by atoms with Gasteiger partial charge in [-0.3, -0.25) is 5.43 Å². The van der Waals surface area contributed by atoms with Crippen LogP contribution in [0.2, 0.25) is 0 Å². The summed E-state index contributed by atoms with van der Waals surface area (Å²) in [5.41, 5.74) is 8.22. The van der Waals surface area contributed by atoms with Crippen LogP contribution in [-0.4, -0.2) is 28.1 Å². The van der Waals surface area contributed by atoms with E-state index >= 15 is 0 Å². The van der Waals surface area contributed by atoms with Gasteiger partial charge in [-0.25, -0.2) is 0 Å². The van der Waals surface area contributed by atoms with E-state index in [1.165, 1.54) is 6.21 Å². The molecule has 0 fully saturated rings. The highest BCUT2D eigenvalue weighted by Gasteiger charge is 1.96. The van der Waals surface area contributed by atoms with Crippen LogP contribution in [0.1, 0.15) is 25.5 Å². The lowest BCUT2D eigenvalue weighted by atomic mass is 10.4. The first-order valence-electron chi connectivity index (χ1n) is 5.27. The number of nitrogens with zero attached hydrogens (tertiary/aromatic N) is 3. The lowest BCUT2D eigenvalue weighted by molar-refractivity contribution is 0.294. The molecular weight excluding hydrogens is 238 g/mol. The third kappa shape index (κ3) is 5.76. The summed E-state index contributed by atoms with van der Waals surface area (Å²) in [4.78, 5) is 0. The van der Waals surface area contributed by atoms with Gasteiger partial charge in [0.15, 0.2) is 5.11 Å². The maximum Gasteiger partial charge on any atom is 0.233 e. The number of hydrogen-bond donors (Lipinski definition) is 2. The third-order valence-electron chi connectivity index (χ3n) is 1.78. The van der Waals surface area contributed by atoms with Gasteiger partial charge in [0.1, 0.15) is 5.69 Å². The Morgan fingerprint density at radius 2 is 2.41 bits per heavy atom. The summed E-state index contributed by atoms with van der Waals surface area (Å²) in [7, 11) is 0. The molecule has 0 aliphatic carbocycles. The van der Waals surface area contributed by atoms with Crippen LogP contribution in [0.15, 0.2) is 17.2 Å². The molecule has 1 heterocycles. The van der Waals surface area contributed by atoms with Crippen molar-refractivity contribution in [2.24, 2.45) is 10.8 Å². The number of ether oxygens (including phenoxy) is 1. The number of rotatable bonds is 6. The molecule has 0 unspecified atom stereocenters. The second-order valence-electron chi connectivity index (χ2n) is 3.23. The minimum Gasteiger partial charge on any atom is -0.477 e. The van der Waals surface area contributed by atoms with Crippen LogP contribution in [0.4, 0.5) is 0 Å². The van der Waals surface area contributed by atoms with Gasteiger partial charge < -0.3 is 10.5 Å². The van der Waals surface area contributed by atoms with Gasteiger partial charge in [0.25, 0.3) is 0 Å². The molecule has 7 heteroatoms. The number of thiocarbonyl (C=S) groups is 1. The van der Waals surface area contributed by atoms with Crippen LogP contribution < -0.4 is 15.9 Å². The molecule has 0 spiro atoms. The standard InChI is InChI=1S/C10H15N5OS/c1-2-3-6-16-9-5-4-8(13-14-9)7-12-15-10(11)17/h4-5,7H,2-3,6H2,1H3,(H3,11,15,17)/b12-7+. The molecule has 0 atom stereocenters. The van der Waals surface area contributed by atoms with Gasteiger partial charge in [-0.1, -0.05) is 13.3 Å². The van der Waals surface area contributed by atoms with Crippen LogP contribution in [0, 0.1) is 0 Å². The summed E-state index contributed by atoms with van der Waals surface area (Å²) >= 11 is 4.59. The van der Waals surface area contributed by atoms with E-state index in [0.29, 0.717) is 18.2 Å². The van der Waals surface area contributed by atoms with Crippen LogP contribution in [0.3, 0.4) is 0 Å². The quantitative estimate of drug-likeness (QED) is 0.338. The maximum absolute atomic E-state index is 5.37. The molecular formula is C10H15N5OS. The molecule has 0 saturated heterocycles. The Morgan fingerprint density at radius 3 is 3.00 bits per heavy atom. The average Bonchev–Trinajstić information content (AvgIpc) is 2.31. The predicted molar refractivity (Wildman–Crippen MR) is 70.0 cm³/mol. The van der Waals surface area contributed by atoms with Gasteiger partial charge in [-0.2, -0.15) is 5.10 Å². The van der Waals surface area contributed by atoms with Crippen molar-refractivity contribution in [2.75, 3.05) is 6.61 Å². The fraction of sp³-hybridized carbons (Fsp3) is 0.400. The van der Waals surface area contributed by atoms with E-state index in [-0.39, 0.29) is 5.11 Å². The van der Waals surface area contributed by atoms with E-state index in [2.05, 4.69) is 39.9 Å². The first-order chi connectivity index (χ1) is 8.22. The lowest BCUT2D eigenvalue weighted by Crippen LogP contribution is -2.24. The minimum atomic E-state index is 0.105. The zero-order chi connectivity index (χ0) is 12.5. The Labute approximate surface area is 105 Å². The van der Waals surface area contributed by atoms with Gasteiger partial charge in [0.05, 0.1) is 12.8 Å². The maximum atomic E-state index is 5.37. The number of nitrogens with two attached hydrogens (primary N) is 1. The molecule has 1 aromatic rings. The Hall–Kier alpha value is -1.76. The van der Waals surface area contributed by atoms with Crippen LogP contribution in [0.25, 0.3) is 0 Å². The molecule has 1 aromatic heterocycles. The number of nitrogens with one attached hydrogen (secondary N) is 1. The molecule has 0 amide bonds. The topological polar surface area (TPSA) is 85.4 Å². The van der Waals surface area contributed by atoms with Crippen molar-refractivity contribution in [3.8, 4) is 5.88 Å². The summed E-state index contributed by atoms with van der Waals surface area (Å²) in [6.07, 6.45) is 3.56. The van der Waals surface area contributed by atoms with Crippen molar-refractivity contribution in [3.63, 3.8) is 0 Å². The van der Waals surface area contributed by atoms with Gasteiger partial charge in [-0.05, 0) is 24.7 Å². The SMILES string of the molecule is CCCCOc1ccc(/C=N/NC(N)=S)nn1. The van der Waals surface area contributed by atoms with Crippen molar-refractivity contribution < 1.29 is 4.74 Å². The molecule has 3 N–H and O–H groups in total. The smallest absolute Gasteiger partial charge is 0.233 e. The van der Waals surface area contributed by atoms with Crippen molar-refractivity contribution in [3.05, 3.63) is 17.8 Å². The van der Waals surface area contributed by atoms with Crippen LogP contribution in [0.5, 0.6) is 5.88 Å². The van der Waals surface area contributed by atoms with Gasteiger partial charge in [0, 0.05) is 6.07 Å². The van der Waals surface area contributed by atoms with Crippen molar-refractivity contribution in [1.29, 1.82) is 0 Å². The molecule has 0 aliphatic rings. The zero-order valence-electron chi connectivity index (χ0n) is 9.59. The van der Waals surface area contributed by atoms with E-state index in [0.717, 1.165) is 12.8 Å². The summed E-state index contributed by atoms with van der Waals surface area (Å²) < 4.78 is 5.37. The van der Waals surface area contributed by atoms with Gasteiger partial charge in [-0.15, -0.1) is 10.2 Å². The Balaban J connectivity index is 2.44. The first kappa shape index (κ1) is 13.3. The van der Waals surface area contributed by atoms with Gasteiger partial charge >= 0.3 is 0 Å². The molecule has 0 aromatic carbocycles. The Bertz CT molecular complexity index is 379. The van der Waals surface area contributed by atoms with Crippen LogP contribution in [-0.2, 0) is 0 Å². The van der Waals surface area contributed by atoms with Crippen molar-refractivity contribution >= 4 is 23.5 Å². The first-order valence-corrected chi connectivity index (χ1v) is 5.68. The summed E-state index contributed by atoms with van der Waals surface area (Å²) in [5.74, 6) is 0.512. The highest BCUT2D eigenvalue weighted by molar-refractivity contribution is 7.80. The third-order valence-corrected chi connectivity index (χ3v) is 1.87. The molecule has 0 saturated carbocycles. The van der Waals surface area contributed by atoms with Gasteiger partial charge in [0.2, 0.25) is 5.88 Å². The number of hydrazone groups is 1. The Morgan fingerprint density at radius 1 is 1.59 bits per heavy atom. The summed E-state index contributed by atoms with van der Waals surface area (Å²) in [5, 5.41) is 11.7. The normalized spacial score (nSPS) is 10.4. The van der Waals surface area contributed by atoms with E-state index in [1.807, 2.05) is 0 Å². The van der Waals surface area contributed by atoms with E-state index in [9.17, 15) is 0 Å². The molecule has 0 bridgehead atoms. The molecule has 6 nitrogen and oxygen atoms in total. The highest BCUT2D eigenvalue weighted by atomic mass is 32.1.